The van der Waals surface area contributed by atoms with Gasteiger partial charge in [0, 0.05) is 49.2 Å². The molecule has 1 aromatic heterocycles. The molecule has 0 unspecified atom stereocenters. The van der Waals surface area contributed by atoms with Gasteiger partial charge in [-0.2, -0.15) is 9.97 Å². The van der Waals surface area contributed by atoms with E-state index in [1.165, 1.54) is 42.4 Å². The van der Waals surface area contributed by atoms with Crippen LogP contribution < -0.4 is 20.4 Å². The van der Waals surface area contributed by atoms with E-state index in [9.17, 15) is 0 Å². The number of nitrogens with one attached hydrogen (secondary N) is 2. The van der Waals surface area contributed by atoms with Crippen molar-refractivity contribution in [3.05, 3.63) is 76.3 Å². The smallest absolute Gasteiger partial charge is 0.232 e. The molecule has 6 nitrogen and oxygen atoms in total. The van der Waals surface area contributed by atoms with Crippen LogP contribution in [-0.4, -0.2) is 34.7 Å². The summed E-state index contributed by atoms with van der Waals surface area (Å²) in [4.78, 5) is 14.5. The van der Waals surface area contributed by atoms with Crippen LogP contribution in [0.1, 0.15) is 55.2 Å². The highest BCUT2D eigenvalue weighted by Gasteiger charge is 2.36. The van der Waals surface area contributed by atoms with E-state index in [2.05, 4.69) is 62.9 Å². The predicted molar refractivity (Wildman–Crippen MR) is 156 cm³/mol. The minimum atomic E-state index is 0.0430. The molecule has 1 aliphatic carbocycles. The van der Waals surface area contributed by atoms with Gasteiger partial charge in [0.1, 0.15) is 11.6 Å². The lowest BCUT2D eigenvalue weighted by molar-refractivity contribution is 0.435. The number of hydrogen-bond donors (Lipinski definition) is 2. The van der Waals surface area contributed by atoms with Gasteiger partial charge in [0.25, 0.3) is 0 Å². The lowest BCUT2D eigenvalue weighted by Gasteiger charge is -2.31. The third-order valence-electron chi connectivity index (χ3n) is 8.10. The molecule has 1 saturated heterocycles. The first kappa shape index (κ1) is 24.4. The number of hydrogen-bond acceptors (Lipinski definition) is 5. The second-order valence-corrected chi connectivity index (χ2v) is 11.4. The van der Waals surface area contributed by atoms with Gasteiger partial charge in [0.15, 0.2) is 5.11 Å². The van der Waals surface area contributed by atoms with Gasteiger partial charge in [-0.3, -0.25) is 0 Å². The molecule has 2 N–H and O–H groups in total. The van der Waals surface area contributed by atoms with Crippen molar-refractivity contribution in [3.8, 4) is 0 Å². The molecular formula is C29H33ClN6S. The van der Waals surface area contributed by atoms with Crippen LogP contribution in [0.5, 0.6) is 0 Å². The molecule has 192 valence electrons. The molecule has 3 aliphatic rings. The standard InChI is InChI=1S/C29H33ClN6S/c30-24-11-7-10-23(16-24)29(12-3-4-13-29)20-31-28(37)34-27-32-25(35-14-5-6-15-35)17-26(33-27)36-18-21-8-1-2-9-22(21)19-36/h1-2,7-11,16-17H,3-6,12-15,18-20H2,(H2,31,32,33,34,37). The fourth-order valence-corrected chi connectivity index (χ4v) is 6.43. The van der Waals surface area contributed by atoms with Crippen molar-refractivity contribution < 1.29 is 0 Å². The van der Waals surface area contributed by atoms with Crippen LogP contribution in [0, 0.1) is 0 Å². The number of thiocarbonyl (C=S) groups is 1. The zero-order valence-corrected chi connectivity index (χ0v) is 22.6. The van der Waals surface area contributed by atoms with E-state index in [4.69, 9.17) is 33.8 Å². The first-order valence-electron chi connectivity index (χ1n) is 13.3. The van der Waals surface area contributed by atoms with Crippen LogP contribution in [0.15, 0.2) is 54.6 Å². The molecular weight excluding hydrogens is 500 g/mol. The van der Waals surface area contributed by atoms with Gasteiger partial charge in [-0.05, 0) is 66.7 Å². The molecule has 6 rings (SSSR count). The Labute approximate surface area is 229 Å². The maximum absolute atomic E-state index is 6.34. The van der Waals surface area contributed by atoms with Crippen LogP contribution in [0.3, 0.4) is 0 Å². The SMILES string of the molecule is S=C(NCC1(c2cccc(Cl)c2)CCCC1)Nc1nc(N2CCCC2)cc(N2Cc3ccccc3C2)n1. The van der Waals surface area contributed by atoms with E-state index < -0.39 is 0 Å². The fourth-order valence-electron chi connectivity index (χ4n) is 6.08. The monoisotopic (exact) mass is 532 g/mol. The van der Waals surface area contributed by atoms with Gasteiger partial charge in [-0.1, -0.05) is 60.8 Å². The van der Waals surface area contributed by atoms with Crippen LogP contribution >= 0.6 is 23.8 Å². The highest BCUT2D eigenvalue weighted by atomic mass is 35.5. The Morgan fingerprint density at radius 1 is 0.865 bits per heavy atom. The minimum Gasteiger partial charge on any atom is -0.361 e. The van der Waals surface area contributed by atoms with Crippen molar-refractivity contribution in [1.82, 2.24) is 15.3 Å². The van der Waals surface area contributed by atoms with Gasteiger partial charge >= 0.3 is 0 Å². The number of benzene rings is 2. The topological polar surface area (TPSA) is 56.3 Å². The van der Waals surface area contributed by atoms with Gasteiger partial charge in [0.05, 0.1) is 0 Å². The molecule has 8 heteroatoms. The number of rotatable bonds is 6. The van der Waals surface area contributed by atoms with E-state index >= 15 is 0 Å². The van der Waals surface area contributed by atoms with Crippen molar-refractivity contribution in [2.45, 2.75) is 57.0 Å². The third kappa shape index (κ3) is 5.25. The summed E-state index contributed by atoms with van der Waals surface area (Å²) in [6, 6.07) is 19.0. The van der Waals surface area contributed by atoms with Gasteiger partial charge in [-0.25, -0.2) is 0 Å². The Bertz CT molecular complexity index is 1260. The first-order chi connectivity index (χ1) is 18.1. The van der Waals surface area contributed by atoms with Gasteiger partial charge in [-0.15, -0.1) is 0 Å². The summed E-state index contributed by atoms with van der Waals surface area (Å²) in [6.07, 6.45) is 7.09. The average Bonchev–Trinajstić information content (AvgIpc) is 3.69. The quantitative estimate of drug-likeness (QED) is 0.375. The minimum absolute atomic E-state index is 0.0430. The Morgan fingerprint density at radius 3 is 2.22 bits per heavy atom. The van der Waals surface area contributed by atoms with Crippen LogP contribution in [0.25, 0.3) is 0 Å². The van der Waals surface area contributed by atoms with Crippen LogP contribution in [0.4, 0.5) is 17.6 Å². The highest BCUT2D eigenvalue weighted by Crippen LogP contribution is 2.41. The summed E-state index contributed by atoms with van der Waals surface area (Å²) in [5.41, 5.74) is 4.05. The highest BCUT2D eigenvalue weighted by molar-refractivity contribution is 7.80. The molecule has 3 aromatic rings. The molecule has 0 radical (unpaired) electrons. The predicted octanol–water partition coefficient (Wildman–Crippen LogP) is 6.05. The van der Waals surface area contributed by atoms with E-state index in [1.807, 2.05) is 12.1 Å². The third-order valence-corrected chi connectivity index (χ3v) is 8.59. The molecule has 37 heavy (non-hydrogen) atoms. The molecule has 0 amide bonds. The van der Waals surface area contributed by atoms with Crippen molar-refractivity contribution in [2.75, 3.05) is 34.8 Å². The number of anilines is 3. The largest absolute Gasteiger partial charge is 0.361 e. The van der Waals surface area contributed by atoms with Crippen molar-refractivity contribution >= 4 is 46.5 Å². The van der Waals surface area contributed by atoms with Gasteiger partial charge < -0.3 is 20.4 Å². The molecule has 0 spiro atoms. The number of halogens is 1. The Hall–Kier alpha value is -2.90. The summed E-state index contributed by atoms with van der Waals surface area (Å²) in [6.45, 7) is 4.54. The van der Waals surface area contributed by atoms with Crippen molar-refractivity contribution in [3.63, 3.8) is 0 Å². The normalized spacial score (nSPS) is 18.2. The zero-order chi connectivity index (χ0) is 25.2. The van der Waals surface area contributed by atoms with Gasteiger partial charge in [0.2, 0.25) is 5.95 Å². The Morgan fingerprint density at radius 2 is 1.54 bits per heavy atom. The summed E-state index contributed by atoms with van der Waals surface area (Å²) in [5.74, 6) is 2.45. The first-order valence-corrected chi connectivity index (χ1v) is 14.1. The van der Waals surface area contributed by atoms with Crippen LogP contribution in [-0.2, 0) is 18.5 Å². The maximum atomic E-state index is 6.34. The molecule has 2 aliphatic heterocycles. The second-order valence-electron chi connectivity index (χ2n) is 10.5. The van der Waals surface area contributed by atoms with E-state index in [0.29, 0.717) is 11.1 Å². The number of aromatic nitrogens is 2. The fraction of sp³-hybridized carbons (Fsp3) is 0.414. The summed E-state index contributed by atoms with van der Waals surface area (Å²) >= 11 is 12.1. The summed E-state index contributed by atoms with van der Waals surface area (Å²) < 4.78 is 0. The van der Waals surface area contributed by atoms with E-state index in [0.717, 1.165) is 62.2 Å². The number of nitrogens with zero attached hydrogens (tertiary/aromatic N) is 4. The molecule has 1 saturated carbocycles. The van der Waals surface area contributed by atoms with E-state index in [1.54, 1.807) is 0 Å². The lowest BCUT2D eigenvalue weighted by Crippen LogP contribution is -2.41. The zero-order valence-electron chi connectivity index (χ0n) is 21.0. The Balaban J connectivity index is 1.20. The molecule has 0 atom stereocenters. The summed E-state index contributed by atoms with van der Waals surface area (Å²) in [7, 11) is 0. The Kier molecular flexibility index (Phi) is 6.91. The molecule has 3 heterocycles. The van der Waals surface area contributed by atoms with Crippen LogP contribution in [0.2, 0.25) is 5.02 Å². The maximum Gasteiger partial charge on any atom is 0.232 e. The van der Waals surface area contributed by atoms with Crippen molar-refractivity contribution in [2.24, 2.45) is 0 Å². The molecule has 0 bridgehead atoms. The molecule has 2 fully saturated rings. The lowest BCUT2D eigenvalue weighted by atomic mass is 9.79. The van der Waals surface area contributed by atoms with Crippen molar-refractivity contribution in [1.29, 1.82) is 0 Å². The molecule has 2 aromatic carbocycles. The second kappa shape index (κ2) is 10.5. The average molecular weight is 533 g/mol. The number of fused-ring (bicyclic) bond motifs is 1. The van der Waals surface area contributed by atoms with E-state index in [-0.39, 0.29) is 5.41 Å². The summed E-state index contributed by atoms with van der Waals surface area (Å²) in [5, 5.41) is 8.15.